The van der Waals surface area contributed by atoms with Gasteiger partial charge in [0.15, 0.2) is 0 Å². The van der Waals surface area contributed by atoms with Crippen LogP contribution in [0, 0.1) is 6.92 Å². The molecule has 0 aliphatic carbocycles. The molecule has 0 saturated heterocycles. The monoisotopic (exact) mass is 348 g/mol. The van der Waals surface area contributed by atoms with Gasteiger partial charge in [0.1, 0.15) is 9.92 Å². The summed E-state index contributed by atoms with van der Waals surface area (Å²) in [6, 6.07) is 10.7. The van der Waals surface area contributed by atoms with Gasteiger partial charge in [-0.05, 0) is 53.4 Å². The maximum Gasteiger partial charge on any atom is 0.239 e. The zero-order valence-electron chi connectivity index (χ0n) is 12.0. The number of hydrogen-bond acceptors (Lipinski definition) is 7. The van der Waals surface area contributed by atoms with Crippen LogP contribution in [0.5, 0.6) is 0 Å². The molecule has 1 aromatic carbocycles. The van der Waals surface area contributed by atoms with Crippen LogP contribution in [0.15, 0.2) is 57.7 Å². The SMILES string of the molecule is Cc1ccc(-n2nnnc2Sc2ccc(S(N)(=O)=O)cn2)cc1. The predicted molar refractivity (Wildman–Crippen MR) is 83.6 cm³/mol. The Morgan fingerprint density at radius 1 is 1.13 bits per heavy atom. The van der Waals surface area contributed by atoms with Crippen LogP contribution >= 0.6 is 11.8 Å². The summed E-state index contributed by atoms with van der Waals surface area (Å²) in [5, 5.41) is 17.7. The number of nitrogens with two attached hydrogens (primary N) is 1. The minimum atomic E-state index is -3.75. The molecule has 0 radical (unpaired) electrons. The van der Waals surface area contributed by atoms with Crippen molar-refractivity contribution in [1.82, 2.24) is 25.2 Å². The summed E-state index contributed by atoms with van der Waals surface area (Å²) in [6.07, 6.45) is 1.21. The standard InChI is InChI=1S/C13H12N6O2S2/c1-9-2-4-10(5-3-9)19-13(16-17-18-19)22-12-7-6-11(8-15-12)23(14,20)21/h2-8H,1H3,(H2,14,20,21). The molecule has 10 heteroatoms. The Bertz CT molecular complexity index is 920. The van der Waals surface area contributed by atoms with Gasteiger partial charge in [0.2, 0.25) is 15.2 Å². The summed E-state index contributed by atoms with van der Waals surface area (Å²) < 4.78 is 24.0. The van der Waals surface area contributed by atoms with E-state index in [4.69, 9.17) is 5.14 Å². The summed E-state index contributed by atoms with van der Waals surface area (Å²) in [5.74, 6) is 0. The van der Waals surface area contributed by atoms with Crippen molar-refractivity contribution in [3.05, 3.63) is 48.2 Å². The fraction of sp³-hybridized carbons (Fsp3) is 0.0769. The smallest absolute Gasteiger partial charge is 0.239 e. The van der Waals surface area contributed by atoms with Crippen LogP contribution in [0.4, 0.5) is 0 Å². The van der Waals surface area contributed by atoms with E-state index < -0.39 is 10.0 Å². The van der Waals surface area contributed by atoms with Crippen molar-refractivity contribution in [1.29, 1.82) is 0 Å². The fourth-order valence-electron chi connectivity index (χ4n) is 1.78. The van der Waals surface area contributed by atoms with Gasteiger partial charge in [-0.15, -0.1) is 5.10 Å². The third kappa shape index (κ3) is 3.55. The molecule has 2 N–H and O–H groups in total. The number of rotatable bonds is 4. The summed E-state index contributed by atoms with van der Waals surface area (Å²) in [4.78, 5) is 4.02. The van der Waals surface area contributed by atoms with Gasteiger partial charge < -0.3 is 0 Å². The van der Waals surface area contributed by atoms with Gasteiger partial charge in [-0.25, -0.2) is 18.5 Å². The van der Waals surface area contributed by atoms with E-state index >= 15 is 0 Å². The number of aryl methyl sites for hydroxylation is 1. The molecule has 2 aromatic heterocycles. The molecule has 0 unspecified atom stereocenters. The molecule has 118 valence electrons. The first-order valence-corrected chi connectivity index (χ1v) is 8.82. The summed E-state index contributed by atoms with van der Waals surface area (Å²) in [7, 11) is -3.75. The van der Waals surface area contributed by atoms with E-state index in [1.165, 1.54) is 24.0 Å². The van der Waals surface area contributed by atoms with Crippen LogP contribution in [-0.4, -0.2) is 33.6 Å². The lowest BCUT2D eigenvalue weighted by Gasteiger charge is -2.04. The van der Waals surface area contributed by atoms with E-state index in [0.717, 1.165) is 11.3 Å². The lowest BCUT2D eigenvalue weighted by atomic mass is 10.2. The molecule has 8 nitrogen and oxygen atoms in total. The second-order valence-corrected chi connectivity index (χ2v) is 7.24. The summed E-state index contributed by atoms with van der Waals surface area (Å²) in [5.41, 5.74) is 1.96. The highest BCUT2D eigenvalue weighted by atomic mass is 32.2. The number of hydrogen-bond donors (Lipinski definition) is 1. The first kappa shape index (κ1) is 15.6. The zero-order chi connectivity index (χ0) is 16.4. The number of aromatic nitrogens is 5. The quantitative estimate of drug-likeness (QED) is 0.752. The molecular formula is C13H12N6O2S2. The molecule has 23 heavy (non-hydrogen) atoms. The number of primary sulfonamides is 1. The lowest BCUT2D eigenvalue weighted by molar-refractivity contribution is 0.597. The molecule has 0 aliphatic heterocycles. The van der Waals surface area contributed by atoms with Crippen molar-refractivity contribution in [2.45, 2.75) is 22.0 Å². The first-order valence-electron chi connectivity index (χ1n) is 6.45. The molecule has 3 aromatic rings. The van der Waals surface area contributed by atoms with E-state index in [1.807, 2.05) is 31.2 Å². The van der Waals surface area contributed by atoms with E-state index in [2.05, 4.69) is 20.5 Å². The van der Waals surface area contributed by atoms with Crippen molar-refractivity contribution < 1.29 is 8.42 Å². The Labute approximate surface area is 136 Å². The van der Waals surface area contributed by atoms with Crippen LogP contribution in [0.3, 0.4) is 0 Å². The topological polar surface area (TPSA) is 117 Å². The Hall–Kier alpha value is -2.30. The Kier molecular flexibility index (Phi) is 4.11. The Balaban J connectivity index is 1.87. The largest absolute Gasteiger partial charge is 0.248 e. The van der Waals surface area contributed by atoms with E-state index in [0.29, 0.717) is 10.2 Å². The van der Waals surface area contributed by atoms with Crippen LogP contribution in [-0.2, 0) is 10.0 Å². The van der Waals surface area contributed by atoms with Crippen molar-refractivity contribution in [2.75, 3.05) is 0 Å². The van der Waals surface area contributed by atoms with Crippen molar-refractivity contribution in [3.8, 4) is 5.69 Å². The zero-order valence-corrected chi connectivity index (χ0v) is 13.6. The Morgan fingerprint density at radius 3 is 2.48 bits per heavy atom. The average molecular weight is 348 g/mol. The molecule has 3 rings (SSSR count). The van der Waals surface area contributed by atoms with Crippen LogP contribution in [0.1, 0.15) is 5.56 Å². The molecule has 0 atom stereocenters. The fourth-order valence-corrected chi connectivity index (χ4v) is 2.97. The van der Waals surface area contributed by atoms with Crippen LogP contribution < -0.4 is 5.14 Å². The lowest BCUT2D eigenvalue weighted by Crippen LogP contribution is -2.12. The van der Waals surface area contributed by atoms with Gasteiger partial charge in [0, 0.05) is 6.20 Å². The van der Waals surface area contributed by atoms with Gasteiger partial charge in [0.05, 0.1) is 5.69 Å². The number of tetrazole rings is 1. The number of nitrogens with zero attached hydrogens (tertiary/aromatic N) is 5. The first-order chi connectivity index (χ1) is 10.9. The van der Waals surface area contributed by atoms with Crippen LogP contribution in [0.25, 0.3) is 5.69 Å². The minimum absolute atomic E-state index is 0.0417. The Morgan fingerprint density at radius 2 is 1.87 bits per heavy atom. The number of benzene rings is 1. The van der Waals surface area contributed by atoms with E-state index in [9.17, 15) is 8.42 Å². The van der Waals surface area contributed by atoms with Crippen LogP contribution in [0.2, 0.25) is 0 Å². The molecule has 0 spiro atoms. The molecule has 0 aliphatic rings. The maximum atomic E-state index is 11.2. The van der Waals surface area contributed by atoms with E-state index in [-0.39, 0.29) is 4.90 Å². The number of sulfonamides is 1. The highest BCUT2D eigenvalue weighted by molar-refractivity contribution is 7.99. The minimum Gasteiger partial charge on any atom is -0.248 e. The third-order valence-corrected chi connectivity index (χ3v) is 4.74. The maximum absolute atomic E-state index is 11.2. The third-order valence-electron chi connectivity index (χ3n) is 2.95. The second kappa shape index (κ2) is 6.07. The molecule has 0 amide bonds. The van der Waals surface area contributed by atoms with Gasteiger partial charge in [-0.3, -0.25) is 0 Å². The highest BCUT2D eigenvalue weighted by Gasteiger charge is 2.12. The molecular weight excluding hydrogens is 336 g/mol. The van der Waals surface area contributed by atoms with Crippen molar-refractivity contribution in [2.24, 2.45) is 5.14 Å². The van der Waals surface area contributed by atoms with Gasteiger partial charge >= 0.3 is 0 Å². The number of pyridine rings is 1. The summed E-state index contributed by atoms with van der Waals surface area (Å²) in [6.45, 7) is 2.00. The molecule has 0 bridgehead atoms. The molecule has 0 fully saturated rings. The average Bonchev–Trinajstić information content (AvgIpc) is 2.96. The van der Waals surface area contributed by atoms with Gasteiger partial charge in [-0.2, -0.15) is 4.68 Å². The van der Waals surface area contributed by atoms with Crippen molar-refractivity contribution >= 4 is 21.8 Å². The van der Waals surface area contributed by atoms with Gasteiger partial charge in [-0.1, -0.05) is 17.7 Å². The predicted octanol–water partition coefficient (Wildman–Crippen LogP) is 1.16. The van der Waals surface area contributed by atoms with Gasteiger partial charge in [0.25, 0.3) is 0 Å². The van der Waals surface area contributed by atoms with E-state index in [1.54, 1.807) is 10.7 Å². The molecule has 2 heterocycles. The highest BCUT2D eigenvalue weighted by Crippen LogP contribution is 2.25. The van der Waals surface area contributed by atoms with Crippen molar-refractivity contribution in [3.63, 3.8) is 0 Å². The summed E-state index contributed by atoms with van der Waals surface area (Å²) >= 11 is 1.22. The molecule has 0 saturated carbocycles. The second-order valence-electron chi connectivity index (χ2n) is 4.69. The normalized spacial score (nSPS) is 11.6.